The van der Waals surface area contributed by atoms with Crippen LogP contribution in [0.4, 0.5) is 0 Å². The molecule has 0 N–H and O–H groups in total. The summed E-state index contributed by atoms with van der Waals surface area (Å²) in [7, 11) is 0. The summed E-state index contributed by atoms with van der Waals surface area (Å²) in [6, 6.07) is 1.92. The highest BCUT2D eigenvalue weighted by Crippen LogP contribution is 2.27. The van der Waals surface area contributed by atoms with Gasteiger partial charge < -0.3 is 4.74 Å². The van der Waals surface area contributed by atoms with E-state index in [9.17, 15) is 0 Å². The first-order chi connectivity index (χ1) is 5.75. The van der Waals surface area contributed by atoms with Gasteiger partial charge in [-0.15, -0.1) is 0 Å². The number of hydrogen-bond acceptors (Lipinski definition) is 2. The zero-order chi connectivity index (χ0) is 8.55. The molecule has 1 fully saturated rings. The lowest BCUT2D eigenvalue weighted by atomic mass is 10.3. The number of hydrogen-bond donors (Lipinski definition) is 0. The molecular formula is C9H10ClNO. The topological polar surface area (TPSA) is 22.1 Å². The minimum atomic E-state index is 0.423. The summed E-state index contributed by atoms with van der Waals surface area (Å²) < 4.78 is 5.54. The average Bonchev–Trinajstić information content (AvgIpc) is 2.81. The van der Waals surface area contributed by atoms with Crippen LogP contribution in [0, 0.1) is 6.92 Å². The van der Waals surface area contributed by atoms with Crippen LogP contribution in [0.1, 0.15) is 18.4 Å². The predicted octanol–water partition coefficient (Wildman–Crippen LogP) is 2.58. The Morgan fingerprint density at radius 1 is 1.58 bits per heavy atom. The van der Waals surface area contributed by atoms with Crippen molar-refractivity contribution < 1.29 is 4.74 Å². The highest BCUT2D eigenvalue weighted by atomic mass is 35.5. The summed E-state index contributed by atoms with van der Waals surface area (Å²) in [6.45, 7) is 1.93. The molecule has 64 valence electrons. The van der Waals surface area contributed by atoms with Gasteiger partial charge in [-0.1, -0.05) is 11.6 Å². The van der Waals surface area contributed by atoms with Crippen molar-refractivity contribution in [1.29, 1.82) is 0 Å². The van der Waals surface area contributed by atoms with E-state index in [0.717, 1.165) is 11.3 Å². The Morgan fingerprint density at radius 2 is 2.33 bits per heavy atom. The standard InChI is InChI=1S/C9H10ClNO/c1-6-4-8(5-11-9(6)10)12-7-2-3-7/h4-5,7H,2-3H2,1H3. The van der Waals surface area contributed by atoms with E-state index in [1.165, 1.54) is 12.8 Å². The molecule has 0 amide bonds. The van der Waals surface area contributed by atoms with E-state index < -0.39 is 0 Å². The molecule has 2 rings (SSSR count). The third-order valence-corrected chi connectivity index (χ3v) is 2.21. The zero-order valence-corrected chi connectivity index (χ0v) is 7.64. The fourth-order valence-corrected chi connectivity index (χ4v) is 1.08. The Morgan fingerprint density at radius 3 is 2.92 bits per heavy atom. The van der Waals surface area contributed by atoms with E-state index in [0.29, 0.717) is 11.3 Å². The monoisotopic (exact) mass is 183 g/mol. The molecule has 0 aromatic carbocycles. The van der Waals surface area contributed by atoms with Crippen molar-refractivity contribution in [2.45, 2.75) is 25.9 Å². The molecule has 1 aromatic heterocycles. The lowest BCUT2D eigenvalue weighted by molar-refractivity contribution is 0.302. The molecule has 2 nitrogen and oxygen atoms in total. The van der Waals surface area contributed by atoms with Gasteiger partial charge in [0.25, 0.3) is 0 Å². The maximum absolute atomic E-state index is 5.77. The lowest BCUT2D eigenvalue weighted by Crippen LogP contribution is -1.96. The van der Waals surface area contributed by atoms with Gasteiger partial charge in [0.2, 0.25) is 0 Å². The van der Waals surface area contributed by atoms with E-state index in [1.807, 2.05) is 13.0 Å². The second-order valence-corrected chi connectivity index (χ2v) is 3.45. The summed E-state index contributed by atoms with van der Waals surface area (Å²) >= 11 is 5.77. The van der Waals surface area contributed by atoms with Crippen LogP contribution >= 0.6 is 11.6 Å². The smallest absolute Gasteiger partial charge is 0.138 e. The van der Waals surface area contributed by atoms with Crippen molar-refractivity contribution in [3.8, 4) is 5.75 Å². The number of pyridine rings is 1. The van der Waals surface area contributed by atoms with Crippen LogP contribution in [0.25, 0.3) is 0 Å². The highest BCUT2D eigenvalue weighted by molar-refractivity contribution is 6.30. The molecule has 0 bridgehead atoms. The Labute approximate surface area is 76.5 Å². The van der Waals surface area contributed by atoms with E-state index in [-0.39, 0.29) is 0 Å². The van der Waals surface area contributed by atoms with Crippen LogP contribution < -0.4 is 4.74 Å². The van der Waals surface area contributed by atoms with Crippen LogP contribution in [-0.4, -0.2) is 11.1 Å². The number of rotatable bonds is 2. The van der Waals surface area contributed by atoms with E-state index in [4.69, 9.17) is 16.3 Å². The number of nitrogens with zero attached hydrogens (tertiary/aromatic N) is 1. The molecule has 0 radical (unpaired) electrons. The molecule has 1 aliphatic carbocycles. The quantitative estimate of drug-likeness (QED) is 0.658. The van der Waals surface area contributed by atoms with Crippen molar-refractivity contribution in [3.63, 3.8) is 0 Å². The molecule has 12 heavy (non-hydrogen) atoms. The van der Waals surface area contributed by atoms with E-state index >= 15 is 0 Å². The van der Waals surface area contributed by atoms with Crippen LogP contribution in [0.3, 0.4) is 0 Å². The first-order valence-electron chi connectivity index (χ1n) is 4.04. The molecule has 3 heteroatoms. The Balaban J connectivity index is 2.15. The van der Waals surface area contributed by atoms with Crippen LogP contribution in [0.5, 0.6) is 5.75 Å². The molecule has 1 aromatic rings. The van der Waals surface area contributed by atoms with Gasteiger partial charge in [-0.3, -0.25) is 0 Å². The summed E-state index contributed by atoms with van der Waals surface area (Å²) in [5.41, 5.74) is 0.967. The Hall–Kier alpha value is -0.760. The fourth-order valence-electron chi connectivity index (χ4n) is 0.975. The van der Waals surface area contributed by atoms with Gasteiger partial charge in [-0.25, -0.2) is 4.98 Å². The first kappa shape index (κ1) is 7.87. The third kappa shape index (κ3) is 1.69. The number of aryl methyl sites for hydroxylation is 1. The van der Waals surface area contributed by atoms with Crippen LogP contribution in [0.2, 0.25) is 5.15 Å². The summed E-state index contributed by atoms with van der Waals surface area (Å²) in [6.07, 6.45) is 4.43. The minimum Gasteiger partial charge on any atom is -0.489 e. The van der Waals surface area contributed by atoms with Gasteiger partial charge in [-0.05, 0) is 31.4 Å². The predicted molar refractivity (Wildman–Crippen MR) is 47.6 cm³/mol. The minimum absolute atomic E-state index is 0.423. The molecule has 0 unspecified atom stereocenters. The van der Waals surface area contributed by atoms with E-state index in [2.05, 4.69) is 4.98 Å². The third-order valence-electron chi connectivity index (χ3n) is 1.82. The second kappa shape index (κ2) is 2.94. The second-order valence-electron chi connectivity index (χ2n) is 3.10. The fraction of sp³-hybridized carbons (Fsp3) is 0.444. The van der Waals surface area contributed by atoms with Crippen LogP contribution in [-0.2, 0) is 0 Å². The SMILES string of the molecule is Cc1cc(OC2CC2)cnc1Cl. The number of halogens is 1. The van der Waals surface area contributed by atoms with Gasteiger partial charge in [0.05, 0.1) is 12.3 Å². The highest BCUT2D eigenvalue weighted by Gasteiger charge is 2.23. The molecule has 1 saturated carbocycles. The van der Waals surface area contributed by atoms with Gasteiger partial charge >= 0.3 is 0 Å². The summed E-state index contributed by atoms with van der Waals surface area (Å²) in [5, 5.41) is 0.554. The molecule has 1 heterocycles. The average molecular weight is 184 g/mol. The van der Waals surface area contributed by atoms with Crippen molar-refractivity contribution in [2.75, 3.05) is 0 Å². The number of aromatic nitrogens is 1. The molecule has 1 aliphatic rings. The van der Waals surface area contributed by atoms with Gasteiger partial charge in [0, 0.05) is 0 Å². The molecule has 0 saturated heterocycles. The van der Waals surface area contributed by atoms with Crippen molar-refractivity contribution in [1.82, 2.24) is 4.98 Å². The molecule has 0 atom stereocenters. The summed E-state index contributed by atoms with van der Waals surface area (Å²) in [4.78, 5) is 4.00. The molecular weight excluding hydrogens is 174 g/mol. The zero-order valence-electron chi connectivity index (χ0n) is 6.88. The summed E-state index contributed by atoms with van der Waals surface area (Å²) in [5.74, 6) is 0.833. The van der Waals surface area contributed by atoms with Crippen molar-refractivity contribution in [3.05, 3.63) is 23.0 Å². The van der Waals surface area contributed by atoms with Crippen LogP contribution in [0.15, 0.2) is 12.3 Å². The lowest BCUT2D eigenvalue weighted by Gasteiger charge is -2.04. The number of ether oxygens (including phenoxy) is 1. The van der Waals surface area contributed by atoms with Gasteiger partial charge in [0.15, 0.2) is 0 Å². The molecule has 0 aliphatic heterocycles. The normalized spacial score (nSPS) is 16.2. The maximum atomic E-state index is 5.77. The Kier molecular flexibility index (Phi) is 1.93. The van der Waals surface area contributed by atoms with Gasteiger partial charge in [0.1, 0.15) is 10.9 Å². The molecule has 0 spiro atoms. The maximum Gasteiger partial charge on any atom is 0.138 e. The Bertz CT molecular complexity index is 297. The first-order valence-corrected chi connectivity index (χ1v) is 4.42. The van der Waals surface area contributed by atoms with Crippen molar-refractivity contribution in [2.24, 2.45) is 0 Å². The van der Waals surface area contributed by atoms with Gasteiger partial charge in [-0.2, -0.15) is 0 Å². The largest absolute Gasteiger partial charge is 0.489 e. The van der Waals surface area contributed by atoms with E-state index in [1.54, 1.807) is 6.20 Å². The van der Waals surface area contributed by atoms with Crippen molar-refractivity contribution >= 4 is 11.6 Å².